The van der Waals surface area contributed by atoms with Crippen LogP contribution in [-0.4, -0.2) is 22.7 Å². The summed E-state index contributed by atoms with van der Waals surface area (Å²) in [6.45, 7) is 0.676. The third-order valence-electron chi connectivity index (χ3n) is 2.41. The molecule has 1 fully saturated rings. The lowest BCUT2D eigenvalue weighted by Crippen LogP contribution is -2.25. The zero-order valence-corrected chi connectivity index (χ0v) is 8.23. The van der Waals surface area contributed by atoms with Crippen LogP contribution >= 0.6 is 0 Å². The highest BCUT2D eigenvalue weighted by molar-refractivity contribution is 5.95. The molecule has 1 saturated carbocycles. The lowest BCUT2D eigenvalue weighted by molar-refractivity contribution is 0.0951. The molecule has 1 aliphatic rings. The summed E-state index contributed by atoms with van der Waals surface area (Å²) in [6.07, 6.45) is 2.34. The van der Waals surface area contributed by atoms with Crippen molar-refractivity contribution >= 4 is 5.91 Å². The zero-order chi connectivity index (χ0) is 10.8. The second kappa shape index (κ2) is 3.81. The van der Waals surface area contributed by atoms with E-state index in [1.54, 1.807) is 0 Å². The largest absolute Gasteiger partial charge is 0.508 e. The van der Waals surface area contributed by atoms with Gasteiger partial charge in [-0.25, -0.2) is 0 Å². The van der Waals surface area contributed by atoms with Gasteiger partial charge in [0.05, 0.1) is 0 Å². The van der Waals surface area contributed by atoms with Crippen LogP contribution in [0.1, 0.15) is 23.2 Å². The smallest absolute Gasteiger partial charge is 0.251 e. The molecule has 0 bridgehead atoms. The van der Waals surface area contributed by atoms with Gasteiger partial charge in [0.2, 0.25) is 0 Å². The molecule has 4 nitrogen and oxygen atoms in total. The molecular formula is C11H13NO3. The first-order valence-electron chi connectivity index (χ1n) is 4.96. The van der Waals surface area contributed by atoms with Crippen molar-refractivity contribution in [1.29, 1.82) is 0 Å². The summed E-state index contributed by atoms with van der Waals surface area (Å²) < 4.78 is 0. The Hall–Kier alpha value is -1.71. The van der Waals surface area contributed by atoms with Crippen molar-refractivity contribution in [3.05, 3.63) is 23.8 Å². The van der Waals surface area contributed by atoms with Crippen molar-refractivity contribution in [2.24, 2.45) is 5.92 Å². The van der Waals surface area contributed by atoms with Crippen LogP contribution in [0.3, 0.4) is 0 Å². The maximum atomic E-state index is 11.5. The quantitative estimate of drug-likeness (QED) is 0.698. The van der Waals surface area contributed by atoms with Gasteiger partial charge in [-0.2, -0.15) is 0 Å². The van der Waals surface area contributed by atoms with Crippen molar-refractivity contribution in [3.8, 4) is 11.5 Å². The first-order chi connectivity index (χ1) is 7.15. The molecule has 0 aliphatic heterocycles. The molecule has 1 aromatic carbocycles. The Bertz CT molecular complexity index is 365. The van der Waals surface area contributed by atoms with Crippen molar-refractivity contribution in [2.45, 2.75) is 12.8 Å². The first-order valence-corrected chi connectivity index (χ1v) is 4.96. The molecule has 0 heterocycles. The highest BCUT2D eigenvalue weighted by Crippen LogP contribution is 2.27. The molecule has 1 aliphatic carbocycles. The first kappa shape index (κ1) is 9.83. The average molecular weight is 207 g/mol. The Morgan fingerprint density at radius 3 is 2.40 bits per heavy atom. The van der Waals surface area contributed by atoms with Gasteiger partial charge in [-0.05, 0) is 30.9 Å². The minimum atomic E-state index is -0.256. The van der Waals surface area contributed by atoms with Crippen LogP contribution in [0.4, 0.5) is 0 Å². The molecular weight excluding hydrogens is 194 g/mol. The van der Waals surface area contributed by atoms with Crippen molar-refractivity contribution in [3.63, 3.8) is 0 Å². The highest BCUT2D eigenvalue weighted by atomic mass is 16.3. The van der Waals surface area contributed by atoms with Gasteiger partial charge in [-0.3, -0.25) is 4.79 Å². The van der Waals surface area contributed by atoms with E-state index in [1.807, 2.05) is 0 Å². The standard InChI is InChI=1S/C11H13NO3/c13-9-3-8(4-10(14)5-9)11(15)12-6-7-1-2-7/h3-5,7,13-14H,1-2,6H2,(H,12,15). The number of hydrogen-bond donors (Lipinski definition) is 3. The Morgan fingerprint density at radius 2 is 1.87 bits per heavy atom. The summed E-state index contributed by atoms with van der Waals surface area (Å²) in [6, 6.07) is 3.86. The number of phenolic OH excluding ortho intramolecular Hbond substituents is 2. The van der Waals surface area contributed by atoms with Gasteiger partial charge in [0, 0.05) is 18.2 Å². The zero-order valence-electron chi connectivity index (χ0n) is 8.23. The maximum Gasteiger partial charge on any atom is 0.251 e. The lowest BCUT2D eigenvalue weighted by Gasteiger charge is -2.05. The molecule has 0 aromatic heterocycles. The molecule has 3 N–H and O–H groups in total. The topological polar surface area (TPSA) is 69.6 Å². The molecule has 15 heavy (non-hydrogen) atoms. The number of rotatable bonds is 3. The number of carbonyl (C=O) groups excluding carboxylic acids is 1. The van der Waals surface area contributed by atoms with Crippen LogP contribution in [0.15, 0.2) is 18.2 Å². The van der Waals surface area contributed by atoms with Gasteiger partial charge in [-0.1, -0.05) is 0 Å². The minimum absolute atomic E-state index is 0.105. The third-order valence-corrected chi connectivity index (χ3v) is 2.41. The second-order valence-electron chi connectivity index (χ2n) is 3.89. The summed E-state index contributed by atoms with van der Waals surface area (Å²) >= 11 is 0. The van der Waals surface area contributed by atoms with Crippen LogP contribution in [0.25, 0.3) is 0 Å². The maximum absolute atomic E-state index is 11.5. The third kappa shape index (κ3) is 2.62. The van der Waals surface area contributed by atoms with E-state index in [0.29, 0.717) is 12.5 Å². The predicted octanol–water partition coefficient (Wildman–Crippen LogP) is 1.24. The van der Waals surface area contributed by atoms with Gasteiger partial charge >= 0.3 is 0 Å². The number of phenols is 2. The molecule has 0 saturated heterocycles. The van der Waals surface area contributed by atoms with Crippen LogP contribution in [0.5, 0.6) is 11.5 Å². The molecule has 4 heteroatoms. The number of hydrogen-bond acceptors (Lipinski definition) is 3. The Kier molecular flexibility index (Phi) is 2.49. The van der Waals surface area contributed by atoms with Crippen LogP contribution < -0.4 is 5.32 Å². The molecule has 2 rings (SSSR count). The van der Waals surface area contributed by atoms with Crippen molar-refractivity contribution in [1.82, 2.24) is 5.32 Å². The molecule has 0 radical (unpaired) electrons. The van der Waals surface area contributed by atoms with E-state index in [1.165, 1.54) is 31.0 Å². The molecule has 1 aromatic rings. The van der Waals surface area contributed by atoms with E-state index in [4.69, 9.17) is 0 Å². The molecule has 0 spiro atoms. The minimum Gasteiger partial charge on any atom is -0.508 e. The molecule has 0 unspecified atom stereocenters. The highest BCUT2D eigenvalue weighted by Gasteiger charge is 2.22. The lowest BCUT2D eigenvalue weighted by atomic mass is 10.2. The number of nitrogens with one attached hydrogen (secondary N) is 1. The van der Waals surface area contributed by atoms with E-state index in [9.17, 15) is 15.0 Å². The number of amides is 1. The van der Waals surface area contributed by atoms with E-state index in [-0.39, 0.29) is 23.0 Å². The number of aromatic hydroxyl groups is 2. The summed E-state index contributed by atoms with van der Waals surface area (Å²) in [4.78, 5) is 11.5. The molecule has 1 amide bonds. The van der Waals surface area contributed by atoms with E-state index >= 15 is 0 Å². The van der Waals surface area contributed by atoms with Crippen molar-refractivity contribution < 1.29 is 15.0 Å². The Balaban J connectivity index is 2.02. The van der Waals surface area contributed by atoms with Gasteiger partial charge < -0.3 is 15.5 Å². The number of benzene rings is 1. The monoisotopic (exact) mass is 207 g/mol. The van der Waals surface area contributed by atoms with Crippen LogP contribution in [0.2, 0.25) is 0 Å². The van der Waals surface area contributed by atoms with Crippen LogP contribution in [0, 0.1) is 5.92 Å². The normalized spacial score (nSPS) is 14.9. The van der Waals surface area contributed by atoms with Gasteiger partial charge in [0.25, 0.3) is 5.91 Å². The van der Waals surface area contributed by atoms with E-state index < -0.39 is 0 Å². The van der Waals surface area contributed by atoms with E-state index in [0.717, 1.165) is 0 Å². The summed E-state index contributed by atoms with van der Waals surface area (Å²) in [5.41, 5.74) is 0.285. The second-order valence-corrected chi connectivity index (χ2v) is 3.89. The fourth-order valence-electron chi connectivity index (χ4n) is 1.39. The Labute approximate surface area is 87.6 Å². The molecule has 0 atom stereocenters. The number of carbonyl (C=O) groups is 1. The fourth-order valence-corrected chi connectivity index (χ4v) is 1.39. The van der Waals surface area contributed by atoms with Crippen molar-refractivity contribution in [2.75, 3.05) is 6.54 Å². The van der Waals surface area contributed by atoms with Gasteiger partial charge in [0.15, 0.2) is 0 Å². The van der Waals surface area contributed by atoms with E-state index in [2.05, 4.69) is 5.32 Å². The fraction of sp³-hybridized carbons (Fsp3) is 0.364. The SMILES string of the molecule is O=C(NCC1CC1)c1cc(O)cc(O)c1. The Morgan fingerprint density at radius 1 is 1.27 bits per heavy atom. The summed E-state index contributed by atoms with van der Waals surface area (Å²) in [7, 11) is 0. The predicted molar refractivity (Wildman–Crippen MR) is 54.8 cm³/mol. The molecule has 80 valence electrons. The average Bonchev–Trinajstić information content (AvgIpc) is 2.96. The summed E-state index contributed by atoms with van der Waals surface area (Å²) in [5.74, 6) is 0.145. The van der Waals surface area contributed by atoms with Gasteiger partial charge in [0.1, 0.15) is 11.5 Å². The van der Waals surface area contributed by atoms with Gasteiger partial charge in [-0.15, -0.1) is 0 Å². The summed E-state index contributed by atoms with van der Waals surface area (Å²) in [5, 5.41) is 21.1. The van der Waals surface area contributed by atoms with Crippen LogP contribution in [-0.2, 0) is 0 Å².